The van der Waals surface area contributed by atoms with Crippen molar-refractivity contribution < 1.29 is 18.0 Å². The van der Waals surface area contributed by atoms with Crippen molar-refractivity contribution in [2.75, 3.05) is 0 Å². The lowest BCUT2D eigenvalue weighted by molar-refractivity contribution is -0.130. The number of hydrogen-bond donors (Lipinski definition) is 1. The van der Waals surface area contributed by atoms with Crippen LogP contribution in [0.2, 0.25) is 0 Å². The summed E-state index contributed by atoms with van der Waals surface area (Å²) in [6, 6.07) is 10.4. The smallest absolute Gasteiger partial charge is 0.325 e. The third-order valence-corrected chi connectivity index (χ3v) is 7.38. The van der Waals surface area contributed by atoms with E-state index in [1.54, 1.807) is 54.9 Å². The molecular formula is C19H19N3O4S. The summed E-state index contributed by atoms with van der Waals surface area (Å²) in [7, 11) is -3.44. The van der Waals surface area contributed by atoms with Gasteiger partial charge in [0.15, 0.2) is 9.84 Å². The summed E-state index contributed by atoms with van der Waals surface area (Å²) in [6.45, 7) is 0. The molecule has 0 radical (unpaired) electrons. The van der Waals surface area contributed by atoms with Gasteiger partial charge in [0.2, 0.25) is 0 Å². The Kier molecular flexibility index (Phi) is 4.43. The Morgan fingerprint density at radius 2 is 1.70 bits per heavy atom. The number of pyridine rings is 1. The normalized spacial score (nSPS) is 25.2. The molecule has 2 aliphatic rings. The molecule has 1 saturated carbocycles. The van der Waals surface area contributed by atoms with Crippen molar-refractivity contribution in [2.24, 2.45) is 0 Å². The Hall–Kier alpha value is -2.74. The number of carbonyl (C=O) groups excluding carboxylic acids is 2. The predicted molar refractivity (Wildman–Crippen MR) is 97.5 cm³/mol. The van der Waals surface area contributed by atoms with E-state index in [0.717, 1.165) is 5.56 Å². The number of aromatic nitrogens is 1. The molecule has 4 rings (SSSR count). The van der Waals surface area contributed by atoms with Gasteiger partial charge in [-0.2, -0.15) is 0 Å². The first-order valence-electron chi connectivity index (χ1n) is 8.78. The number of hydrogen-bond acceptors (Lipinski definition) is 5. The molecule has 1 saturated heterocycles. The molecule has 0 spiro atoms. The average Bonchev–Trinajstić information content (AvgIpc) is 2.90. The molecule has 2 heterocycles. The summed E-state index contributed by atoms with van der Waals surface area (Å²) >= 11 is 0. The van der Waals surface area contributed by atoms with E-state index in [-0.39, 0.29) is 29.7 Å². The van der Waals surface area contributed by atoms with Crippen LogP contribution in [-0.4, -0.2) is 47.6 Å². The second-order valence-corrected chi connectivity index (χ2v) is 9.10. The van der Waals surface area contributed by atoms with E-state index in [1.807, 2.05) is 0 Å². The van der Waals surface area contributed by atoms with Gasteiger partial charge in [-0.1, -0.05) is 18.2 Å². The largest absolute Gasteiger partial charge is 0.325 e. The monoisotopic (exact) mass is 385 g/mol. The van der Waals surface area contributed by atoms with Gasteiger partial charge in [0.25, 0.3) is 5.91 Å². The molecule has 1 N–H and O–H groups in total. The van der Waals surface area contributed by atoms with Gasteiger partial charge in [-0.25, -0.2) is 13.2 Å². The number of carbonyl (C=O) groups is 2. The molecule has 1 aromatic carbocycles. The van der Waals surface area contributed by atoms with Gasteiger partial charge in [0, 0.05) is 24.9 Å². The zero-order valence-corrected chi connectivity index (χ0v) is 15.3. The predicted octanol–water partition coefficient (Wildman–Crippen LogP) is 1.55. The molecule has 8 heteroatoms. The minimum atomic E-state index is -3.44. The second-order valence-electron chi connectivity index (χ2n) is 6.88. The van der Waals surface area contributed by atoms with Gasteiger partial charge in [0.1, 0.15) is 6.04 Å². The standard InChI is InChI=1S/C19H19N3O4S/c23-18-17(10-13-6-8-20-9-7-13)21-19(24)22(18)14-11-16(12-14)27(25,26)15-4-2-1-3-5-15/h1-9,14,16-17H,10-12H2,(H,21,24). The van der Waals surface area contributed by atoms with Gasteiger partial charge in [-0.3, -0.25) is 14.7 Å². The van der Waals surface area contributed by atoms with Gasteiger partial charge >= 0.3 is 6.03 Å². The zero-order chi connectivity index (χ0) is 19.0. The topological polar surface area (TPSA) is 96.4 Å². The minimum Gasteiger partial charge on any atom is -0.325 e. The number of benzene rings is 1. The van der Waals surface area contributed by atoms with Crippen molar-refractivity contribution >= 4 is 21.8 Å². The SMILES string of the molecule is O=C1NC(Cc2ccncc2)C(=O)N1C1CC(S(=O)(=O)c2ccccc2)C1. The molecule has 7 nitrogen and oxygen atoms in total. The summed E-state index contributed by atoms with van der Waals surface area (Å²) in [5.41, 5.74) is 0.906. The number of rotatable bonds is 5. The highest BCUT2D eigenvalue weighted by Gasteiger charge is 2.49. The van der Waals surface area contributed by atoms with Crippen LogP contribution in [0.1, 0.15) is 18.4 Å². The van der Waals surface area contributed by atoms with Crippen molar-refractivity contribution in [3.63, 3.8) is 0 Å². The minimum absolute atomic E-state index is 0.276. The molecule has 1 aliphatic carbocycles. The molecule has 3 amide bonds. The zero-order valence-electron chi connectivity index (χ0n) is 14.5. The molecule has 2 fully saturated rings. The van der Waals surface area contributed by atoms with E-state index in [4.69, 9.17) is 0 Å². The Bertz CT molecular complexity index is 957. The van der Waals surface area contributed by atoms with Gasteiger partial charge < -0.3 is 5.32 Å². The molecule has 1 aromatic heterocycles. The summed E-state index contributed by atoms with van der Waals surface area (Å²) in [4.78, 5) is 30.3. The molecule has 1 aliphatic heterocycles. The van der Waals surface area contributed by atoms with Crippen molar-refractivity contribution in [2.45, 2.75) is 41.5 Å². The molecule has 0 bridgehead atoms. The highest BCUT2D eigenvalue weighted by Crippen LogP contribution is 2.36. The Morgan fingerprint density at radius 1 is 1.04 bits per heavy atom. The lowest BCUT2D eigenvalue weighted by Gasteiger charge is -2.38. The van der Waals surface area contributed by atoms with Gasteiger partial charge in [-0.05, 0) is 42.7 Å². The fourth-order valence-electron chi connectivity index (χ4n) is 3.59. The number of imide groups is 1. The van der Waals surface area contributed by atoms with Gasteiger partial charge in [0.05, 0.1) is 10.1 Å². The molecule has 2 aromatic rings. The van der Waals surface area contributed by atoms with Gasteiger partial charge in [-0.15, -0.1) is 0 Å². The number of urea groups is 1. The van der Waals surface area contributed by atoms with Crippen molar-refractivity contribution in [1.82, 2.24) is 15.2 Å². The van der Waals surface area contributed by atoms with Crippen LogP contribution in [0.3, 0.4) is 0 Å². The fourth-order valence-corrected chi connectivity index (χ4v) is 5.46. The average molecular weight is 385 g/mol. The summed E-state index contributed by atoms with van der Waals surface area (Å²) in [5.74, 6) is -0.294. The molecule has 140 valence electrons. The Balaban J connectivity index is 1.42. The van der Waals surface area contributed by atoms with Crippen LogP contribution in [0, 0.1) is 0 Å². The quantitative estimate of drug-likeness (QED) is 0.788. The maximum atomic E-state index is 12.7. The van der Waals surface area contributed by atoms with Crippen LogP contribution < -0.4 is 5.32 Å². The maximum absolute atomic E-state index is 12.7. The van der Waals surface area contributed by atoms with Crippen molar-refractivity contribution in [1.29, 1.82) is 0 Å². The molecule has 27 heavy (non-hydrogen) atoms. The molecule has 1 unspecified atom stereocenters. The highest BCUT2D eigenvalue weighted by atomic mass is 32.2. The van der Waals surface area contributed by atoms with E-state index in [1.165, 1.54) is 4.90 Å². The van der Waals surface area contributed by atoms with E-state index < -0.39 is 27.2 Å². The lowest BCUT2D eigenvalue weighted by atomic mass is 9.90. The van der Waals surface area contributed by atoms with Crippen molar-refractivity contribution in [3.05, 3.63) is 60.4 Å². The third-order valence-electron chi connectivity index (χ3n) is 5.19. The number of sulfone groups is 1. The van der Waals surface area contributed by atoms with Crippen LogP contribution in [0.4, 0.5) is 4.79 Å². The highest BCUT2D eigenvalue weighted by molar-refractivity contribution is 7.92. The molecular weight excluding hydrogens is 366 g/mol. The van der Waals surface area contributed by atoms with Crippen LogP contribution in [0.5, 0.6) is 0 Å². The van der Waals surface area contributed by atoms with Crippen LogP contribution >= 0.6 is 0 Å². The van der Waals surface area contributed by atoms with E-state index in [9.17, 15) is 18.0 Å². The number of amides is 3. The summed E-state index contributed by atoms with van der Waals surface area (Å²) in [6.07, 6.45) is 4.22. The van der Waals surface area contributed by atoms with E-state index in [2.05, 4.69) is 10.3 Å². The first-order valence-corrected chi connectivity index (χ1v) is 10.3. The first-order chi connectivity index (χ1) is 13.0. The lowest BCUT2D eigenvalue weighted by Crippen LogP contribution is -2.52. The Labute approximate surface area is 157 Å². The first kappa shape index (κ1) is 17.7. The van der Waals surface area contributed by atoms with E-state index >= 15 is 0 Å². The van der Waals surface area contributed by atoms with Crippen LogP contribution in [0.25, 0.3) is 0 Å². The second kappa shape index (κ2) is 6.77. The van der Waals surface area contributed by atoms with E-state index in [0.29, 0.717) is 6.42 Å². The Morgan fingerprint density at radius 3 is 2.37 bits per heavy atom. The fraction of sp³-hybridized carbons (Fsp3) is 0.316. The van der Waals surface area contributed by atoms with Crippen LogP contribution in [-0.2, 0) is 21.1 Å². The maximum Gasteiger partial charge on any atom is 0.325 e. The number of nitrogens with one attached hydrogen (secondary N) is 1. The summed E-state index contributed by atoms with van der Waals surface area (Å²) in [5, 5.41) is 2.14. The van der Waals surface area contributed by atoms with Crippen molar-refractivity contribution in [3.8, 4) is 0 Å². The molecule has 1 atom stereocenters. The third kappa shape index (κ3) is 3.21. The van der Waals surface area contributed by atoms with Crippen LogP contribution in [0.15, 0.2) is 59.8 Å². The number of nitrogens with zero attached hydrogens (tertiary/aromatic N) is 2. The summed E-state index contributed by atoms with van der Waals surface area (Å²) < 4.78 is 25.3.